The molecule has 7 nitrogen and oxygen atoms in total. The van der Waals surface area contributed by atoms with Crippen molar-refractivity contribution in [2.75, 3.05) is 13.7 Å². The summed E-state index contributed by atoms with van der Waals surface area (Å²) in [6.45, 7) is 1.83. The molecule has 1 N–H and O–H groups in total. The van der Waals surface area contributed by atoms with Gasteiger partial charge in [-0.1, -0.05) is 0 Å². The molecule has 0 aromatic heterocycles. The van der Waals surface area contributed by atoms with E-state index in [2.05, 4.69) is 9.47 Å². The number of imide groups is 1. The first-order valence-electron chi connectivity index (χ1n) is 5.04. The van der Waals surface area contributed by atoms with Gasteiger partial charge in [-0.2, -0.15) is 0 Å². The van der Waals surface area contributed by atoms with Crippen molar-refractivity contribution in [2.24, 2.45) is 0 Å². The number of carbonyl (C=O) groups is 4. The Morgan fingerprint density at radius 2 is 1.76 bits per heavy atom. The molecular weight excluding hydrogens is 230 g/mol. The lowest BCUT2D eigenvalue weighted by atomic mass is 10.1. The fourth-order valence-corrected chi connectivity index (χ4v) is 0.942. The summed E-state index contributed by atoms with van der Waals surface area (Å²) in [4.78, 5) is 43.8. The molecule has 0 unspecified atom stereocenters. The number of methoxy groups -OCH3 is 1. The Hall–Kier alpha value is -1.92. The van der Waals surface area contributed by atoms with Gasteiger partial charge >= 0.3 is 12.1 Å². The second-order valence-corrected chi connectivity index (χ2v) is 3.06. The number of esters is 1. The van der Waals surface area contributed by atoms with Gasteiger partial charge < -0.3 is 9.47 Å². The fraction of sp³-hybridized carbons (Fsp3) is 0.600. The smallest absolute Gasteiger partial charge is 0.413 e. The summed E-state index contributed by atoms with van der Waals surface area (Å²) in [5.74, 6) is -1.66. The summed E-state index contributed by atoms with van der Waals surface area (Å²) >= 11 is 0. The summed E-state index contributed by atoms with van der Waals surface area (Å²) < 4.78 is 8.76. The molecule has 0 spiro atoms. The minimum absolute atomic E-state index is 0.123. The highest BCUT2D eigenvalue weighted by Gasteiger charge is 2.13. The monoisotopic (exact) mass is 245 g/mol. The number of rotatable bonds is 6. The minimum Gasteiger partial charge on any atom is -0.466 e. The number of alkyl carbamates (subject to hydrolysis) is 1. The van der Waals surface area contributed by atoms with Gasteiger partial charge in [0.05, 0.1) is 13.7 Å². The SMILES string of the molecule is CCOC(=O)CC(=O)CCC(=O)NC(=O)OC. The summed E-state index contributed by atoms with van der Waals surface area (Å²) in [6.07, 6.45) is -1.54. The van der Waals surface area contributed by atoms with Crippen molar-refractivity contribution in [2.45, 2.75) is 26.2 Å². The number of hydrogen-bond donors (Lipinski definition) is 1. The number of Topliss-reactive ketones (excluding diaryl/α,β-unsaturated/α-hetero) is 1. The van der Waals surface area contributed by atoms with Crippen LogP contribution >= 0.6 is 0 Å². The Morgan fingerprint density at radius 1 is 1.12 bits per heavy atom. The lowest BCUT2D eigenvalue weighted by Gasteiger charge is -2.02. The van der Waals surface area contributed by atoms with Crippen molar-refractivity contribution < 1.29 is 28.7 Å². The molecule has 7 heteroatoms. The highest BCUT2D eigenvalue weighted by Crippen LogP contribution is 1.97. The summed E-state index contributed by atoms with van der Waals surface area (Å²) in [5, 5.41) is 1.89. The topological polar surface area (TPSA) is 98.8 Å². The first-order chi connectivity index (χ1) is 7.99. The van der Waals surface area contributed by atoms with E-state index in [-0.39, 0.29) is 25.9 Å². The molecule has 0 saturated carbocycles. The third-order valence-corrected chi connectivity index (χ3v) is 1.70. The molecule has 0 atom stereocenters. The number of ketones is 1. The molecule has 0 saturated heterocycles. The van der Waals surface area contributed by atoms with Crippen LogP contribution in [0.25, 0.3) is 0 Å². The molecule has 0 aliphatic carbocycles. The van der Waals surface area contributed by atoms with Crippen molar-refractivity contribution in [3.63, 3.8) is 0 Å². The third kappa shape index (κ3) is 7.95. The normalized spacial score (nSPS) is 9.29. The lowest BCUT2D eigenvalue weighted by molar-refractivity contribution is -0.145. The Bertz CT molecular complexity index is 312. The molecule has 0 aromatic carbocycles. The van der Waals surface area contributed by atoms with Crippen LogP contribution in [0.4, 0.5) is 4.79 Å². The molecule has 0 bridgehead atoms. The molecule has 2 amide bonds. The summed E-state index contributed by atoms with van der Waals surface area (Å²) in [5.41, 5.74) is 0. The largest absolute Gasteiger partial charge is 0.466 e. The van der Waals surface area contributed by atoms with E-state index >= 15 is 0 Å². The van der Waals surface area contributed by atoms with Gasteiger partial charge in [-0.3, -0.25) is 19.7 Å². The van der Waals surface area contributed by atoms with Crippen molar-refractivity contribution in [3.8, 4) is 0 Å². The second kappa shape index (κ2) is 8.26. The lowest BCUT2D eigenvalue weighted by Crippen LogP contribution is -2.30. The molecule has 0 radical (unpaired) electrons. The van der Waals surface area contributed by atoms with Gasteiger partial charge in [0, 0.05) is 12.8 Å². The van der Waals surface area contributed by atoms with Crippen LogP contribution in [0.1, 0.15) is 26.2 Å². The van der Waals surface area contributed by atoms with Gasteiger partial charge in [0.2, 0.25) is 5.91 Å². The molecule has 0 heterocycles. The maximum Gasteiger partial charge on any atom is 0.413 e. The zero-order valence-electron chi connectivity index (χ0n) is 9.78. The molecular formula is C10H15NO6. The highest BCUT2D eigenvalue weighted by molar-refractivity contribution is 5.98. The summed E-state index contributed by atoms with van der Waals surface area (Å²) in [6, 6.07) is 0. The zero-order chi connectivity index (χ0) is 13.3. The number of ether oxygens (including phenoxy) is 2. The Kier molecular flexibility index (Phi) is 7.32. The number of carbonyl (C=O) groups excluding carboxylic acids is 4. The number of nitrogens with one attached hydrogen (secondary N) is 1. The van der Waals surface area contributed by atoms with Crippen LogP contribution in [-0.2, 0) is 23.9 Å². The van der Waals surface area contributed by atoms with Crippen molar-refractivity contribution in [1.82, 2.24) is 5.32 Å². The first-order valence-corrected chi connectivity index (χ1v) is 5.04. The molecule has 0 rings (SSSR count). The molecule has 0 aromatic rings. The maximum absolute atomic E-state index is 11.2. The predicted octanol–water partition coefficient (Wildman–Crippen LogP) is 0.172. The van der Waals surface area contributed by atoms with Crippen LogP contribution in [0.15, 0.2) is 0 Å². The second-order valence-electron chi connectivity index (χ2n) is 3.06. The van der Waals surface area contributed by atoms with Crippen LogP contribution < -0.4 is 5.32 Å². The van der Waals surface area contributed by atoms with Gasteiger partial charge in [-0.15, -0.1) is 0 Å². The van der Waals surface area contributed by atoms with Crippen molar-refractivity contribution in [1.29, 1.82) is 0 Å². The van der Waals surface area contributed by atoms with Gasteiger partial charge in [-0.25, -0.2) is 4.79 Å². The average Bonchev–Trinajstić information content (AvgIpc) is 2.26. The van der Waals surface area contributed by atoms with Crippen LogP contribution in [0.5, 0.6) is 0 Å². The molecule has 0 fully saturated rings. The van der Waals surface area contributed by atoms with E-state index in [0.717, 1.165) is 7.11 Å². The van der Waals surface area contributed by atoms with Crippen molar-refractivity contribution >= 4 is 23.8 Å². The minimum atomic E-state index is -0.882. The van der Waals surface area contributed by atoms with Gasteiger partial charge in [0.1, 0.15) is 12.2 Å². The first kappa shape index (κ1) is 15.1. The third-order valence-electron chi connectivity index (χ3n) is 1.70. The average molecular weight is 245 g/mol. The predicted molar refractivity (Wildman–Crippen MR) is 56.0 cm³/mol. The van der Waals surface area contributed by atoms with Crippen LogP contribution in [0.2, 0.25) is 0 Å². The van der Waals surface area contributed by atoms with E-state index < -0.39 is 23.8 Å². The number of hydrogen-bond acceptors (Lipinski definition) is 6. The van der Waals surface area contributed by atoms with Crippen LogP contribution in [-0.4, -0.2) is 37.5 Å². The van der Waals surface area contributed by atoms with E-state index in [1.54, 1.807) is 6.92 Å². The van der Waals surface area contributed by atoms with E-state index in [1.807, 2.05) is 5.32 Å². The summed E-state index contributed by atoms with van der Waals surface area (Å²) in [7, 11) is 1.12. The quantitative estimate of drug-likeness (QED) is 0.529. The van der Waals surface area contributed by atoms with Gasteiger partial charge in [0.25, 0.3) is 0 Å². The van der Waals surface area contributed by atoms with E-state index in [1.165, 1.54) is 0 Å². The van der Waals surface area contributed by atoms with E-state index in [4.69, 9.17) is 0 Å². The van der Waals surface area contributed by atoms with Gasteiger partial charge in [0.15, 0.2) is 0 Å². The maximum atomic E-state index is 11.2. The molecule has 0 aliphatic rings. The molecule has 96 valence electrons. The number of amides is 2. The Labute approximate surface area is 98.4 Å². The molecule has 17 heavy (non-hydrogen) atoms. The zero-order valence-corrected chi connectivity index (χ0v) is 9.78. The molecule has 0 aliphatic heterocycles. The fourth-order valence-electron chi connectivity index (χ4n) is 0.942. The van der Waals surface area contributed by atoms with Gasteiger partial charge in [-0.05, 0) is 6.92 Å². The standard InChI is InChI=1S/C10H15NO6/c1-3-17-9(14)6-7(12)4-5-8(13)11-10(15)16-2/h3-6H2,1-2H3,(H,11,13,15). The van der Waals surface area contributed by atoms with E-state index in [0.29, 0.717) is 0 Å². The highest BCUT2D eigenvalue weighted by atomic mass is 16.5. The van der Waals surface area contributed by atoms with E-state index in [9.17, 15) is 19.2 Å². The van der Waals surface area contributed by atoms with Crippen LogP contribution in [0, 0.1) is 0 Å². The van der Waals surface area contributed by atoms with Crippen molar-refractivity contribution in [3.05, 3.63) is 0 Å². The van der Waals surface area contributed by atoms with Crippen LogP contribution in [0.3, 0.4) is 0 Å². The Balaban J connectivity index is 3.80. The Morgan fingerprint density at radius 3 is 2.29 bits per heavy atom.